The Morgan fingerprint density at radius 2 is 1.89 bits per heavy atom. The van der Waals surface area contributed by atoms with Gasteiger partial charge in [0.1, 0.15) is 17.0 Å². The second-order valence-corrected chi connectivity index (χ2v) is 8.28. The lowest BCUT2D eigenvalue weighted by atomic mass is 10.2. The van der Waals surface area contributed by atoms with E-state index in [1.54, 1.807) is 17.7 Å². The van der Waals surface area contributed by atoms with Crippen molar-refractivity contribution in [3.8, 4) is 10.4 Å². The number of fused-ring (bicyclic) bond motifs is 1. The Hall–Kier alpha value is -2.51. The highest BCUT2D eigenvalue weighted by molar-refractivity contribution is 7.21. The first-order valence-corrected chi connectivity index (χ1v) is 10.4. The molecule has 0 bridgehead atoms. The topological polar surface area (TPSA) is 52.6 Å². The Morgan fingerprint density at radius 1 is 1.14 bits per heavy atom. The van der Waals surface area contributed by atoms with Crippen molar-refractivity contribution in [2.75, 3.05) is 51.7 Å². The number of amides is 1. The molecule has 0 N–H and O–H groups in total. The lowest BCUT2D eigenvalue weighted by Gasteiger charge is -2.32. The number of aromatic nitrogens is 2. The minimum atomic E-state index is 0.223. The first-order valence-electron chi connectivity index (χ1n) is 9.59. The van der Waals surface area contributed by atoms with Gasteiger partial charge in [-0.05, 0) is 18.7 Å². The number of benzene rings is 1. The quantitative estimate of drug-likeness (QED) is 0.665. The number of anilines is 1. The Kier molecular flexibility index (Phi) is 5.54. The SMILES string of the molecule is CN1CCN(C(=O)CCN(C)c2ncnc3sc(-c4ccccc4)cc23)CC1. The summed E-state index contributed by atoms with van der Waals surface area (Å²) in [6.07, 6.45) is 2.11. The predicted molar refractivity (Wildman–Crippen MR) is 115 cm³/mol. The molecule has 0 aliphatic carbocycles. The minimum absolute atomic E-state index is 0.223. The maximum Gasteiger partial charge on any atom is 0.224 e. The standard InChI is InChI=1S/C21H25N5OS/c1-24-10-12-26(13-11-24)19(27)8-9-25(2)20-17-14-18(16-6-4-3-5-7-16)28-21(17)23-15-22-20/h3-7,14-15H,8-13H2,1-2H3. The van der Waals surface area contributed by atoms with E-state index in [2.05, 4.69) is 45.0 Å². The molecular weight excluding hydrogens is 370 g/mol. The van der Waals surface area contributed by atoms with Crippen LogP contribution in [-0.4, -0.2) is 72.5 Å². The molecule has 2 aromatic heterocycles. The van der Waals surface area contributed by atoms with Crippen molar-refractivity contribution in [3.63, 3.8) is 0 Å². The van der Waals surface area contributed by atoms with Crippen molar-refractivity contribution in [1.29, 1.82) is 0 Å². The number of likely N-dealkylation sites (N-methyl/N-ethyl adjacent to an activating group) is 1. The van der Waals surface area contributed by atoms with Crippen molar-refractivity contribution in [2.45, 2.75) is 6.42 Å². The molecule has 7 heteroatoms. The molecule has 3 aromatic rings. The number of rotatable bonds is 5. The van der Waals surface area contributed by atoms with Crippen LogP contribution in [0.2, 0.25) is 0 Å². The number of nitrogens with zero attached hydrogens (tertiary/aromatic N) is 5. The molecule has 0 saturated carbocycles. The highest BCUT2D eigenvalue weighted by Gasteiger charge is 2.20. The summed E-state index contributed by atoms with van der Waals surface area (Å²) in [5.41, 5.74) is 1.18. The zero-order chi connectivity index (χ0) is 19.5. The maximum absolute atomic E-state index is 12.5. The number of carbonyl (C=O) groups is 1. The van der Waals surface area contributed by atoms with E-state index in [1.807, 2.05) is 30.1 Å². The van der Waals surface area contributed by atoms with E-state index in [9.17, 15) is 4.79 Å². The molecule has 28 heavy (non-hydrogen) atoms. The Morgan fingerprint density at radius 3 is 2.64 bits per heavy atom. The van der Waals surface area contributed by atoms with Crippen LogP contribution in [0, 0.1) is 0 Å². The Balaban J connectivity index is 1.47. The third-order valence-electron chi connectivity index (χ3n) is 5.25. The molecular formula is C21H25N5OS. The van der Waals surface area contributed by atoms with E-state index >= 15 is 0 Å². The van der Waals surface area contributed by atoms with E-state index in [0.717, 1.165) is 42.2 Å². The fourth-order valence-electron chi connectivity index (χ4n) is 3.48. The zero-order valence-corrected chi connectivity index (χ0v) is 17.2. The van der Waals surface area contributed by atoms with Gasteiger partial charge in [-0.15, -0.1) is 11.3 Å². The summed E-state index contributed by atoms with van der Waals surface area (Å²) in [6.45, 7) is 4.19. The molecule has 1 amide bonds. The number of hydrogen-bond donors (Lipinski definition) is 0. The lowest BCUT2D eigenvalue weighted by Crippen LogP contribution is -2.47. The highest BCUT2D eigenvalue weighted by atomic mass is 32.1. The summed E-state index contributed by atoms with van der Waals surface area (Å²) in [5.74, 6) is 1.11. The van der Waals surface area contributed by atoms with E-state index in [4.69, 9.17) is 0 Å². The normalized spacial score (nSPS) is 15.1. The van der Waals surface area contributed by atoms with Gasteiger partial charge in [0, 0.05) is 51.1 Å². The van der Waals surface area contributed by atoms with Crippen molar-refractivity contribution in [1.82, 2.24) is 19.8 Å². The molecule has 1 aliphatic heterocycles. The van der Waals surface area contributed by atoms with Gasteiger partial charge in [0.25, 0.3) is 0 Å². The summed E-state index contributed by atoms with van der Waals surface area (Å²) >= 11 is 1.67. The van der Waals surface area contributed by atoms with E-state index in [0.29, 0.717) is 13.0 Å². The average Bonchev–Trinajstić information content (AvgIpc) is 3.17. The van der Waals surface area contributed by atoms with Gasteiger partial charge >= 0.3 is 0 Å². The molecule has 146 valence electrons. The smallest absolute Gasteiger partial charge is 0.224 e. The molecule has 1 aliphatic rings. The monoisotopic (exact) mass is 395 g/mol. The second-order valence-electron chi connectivity index (χ2n) is 7.25. The molecule has 0 atom stereocenters. The van der Waals surface area contributed by atoms with Gasteiger partial charge in [-0.25, -0.2) is 9.97 Å². The van der Waals surface area contributed by atoms with Crippen molar-refractivity contribution in [3.05, 3.63) is 42.7 Å². The van der Waals surface area contributed by atoms with Crippen LogP contribution < -0.4 is 4.90 Å². The third-order valence-corrected chi connectivity index (χ3v) is 6.34. The summed E-state index contributed by atoms with van der Waals surface area (Å²) in [4.78, 5) is 29.9. The van der Waals surface area contributed by atoms with Crippen LogP contribution in [0.25, 0.3) is 20.7 Å². The number of hydrogen-bond acceptors (Lipinski definition) is 6. The summed E-state index contributed by atoms with van der Waals surface area (Å²) in [5, 5.41) is 1.04. The fraction of sp³-hybridized carbons (Fsp3) is 0.381. The molecule has 0 spiro atoms. The molecule has 3 heterocycles. The van der Waals surface area contributed by atoms with Gasteiger partial charge in [0.2, 0.25) is 5.91 Å². The van der Waals surface area contributed by atoms with Gasteiger partial charge in [-0.3, -0.25) is 4.79 Å². The Bertz CT molecular complexity index is 950. The third kappa shape index (κ3) is 4.00. The van der Waals surface area contributed by atoms with Crippen molar-refractivity contribution in [2.24, 2.45) is 0 Å². The molecule has 1 fully saturated rings. The largest absolute Gasteiger partial charge is 0.359 e. The molecule has 6 nitrogen and oxygen atoms in total. The first-order chi connectivity index (χ1) is 13.6. The maximum atomic E-state index is 12.5. The lowest BCUT2D eigenvalue weighted by molar-refractivity contribution is -0.132. The van der Waals surface area contributed by atoms with Crippen molar-refractivity contribution >= 4 is 33.3 Å². The van der Waals surface area contributed by atoms with E-state index in [1.165, 1.54) is 10.4 Å². The summed E-state index contributed by atoms with van der Waals surface area (Å²) in [7, 11) is 4.10. The zero-order valence-electron chi connectivity index (χ0n) is 16.3. The van der Waals surface area contributed by atoms with Crippen LogP contribution >= 0.6 is 11.3 Å². The van der Waals surface area contributed by atoms with Crippen LogP contribution in [0.4, 0.5) is 5.82 Å². The van der Waals surface area contributed by atoms with Gasteiger partial charge in [0.15, 0.2) is 0 Å². The van der Waals surface area contributed by atoms with Crippen LogP contribution in [-0.2, 0) is 4.79 Å². The van der Waals surface area contributed by atoms with Crippen LogP contribution in [0.15, 0.2) is 42.7 Å². The van der Waals surface area contributed by atoms with Gasteiger partial charge in [-0.2, -0.15) is 0 Å². The molecule has 1 aromatic carbocycles. The second kappa shape index (κ2) is 8.24. The van der Waals surface area contributed by atoms with E-state index in [-0.39, 0.29) is 5.91 Å². The molecule has 4 rings (SSSR count). The minimum Gasteiger partial charge on any atom is -0.359 e. The first kappa shape index (κ1) is 18.8. The van der Waals surface area contributed by atoms with Crippen LogP contribution in [0.5, 0.6) is 0 Å². The Labute approximate surface area is 169 Å². The molecule has 0 radical (unpaired) electrons. The number of thiophene rings is 1. The van der Waals surface area contributed by atoms with Crippen LogP contribution in [0.3, 0.4) is 0 Å². The number of piperazine rings is 1. The average molecular weight is 396 g/mol. The van der Waals surface area contributed by atoms with E-state index < -0.39 is 0 Å². The molecule has 0 unspecified atom stereocenters. The predicted octanol–water partition coefficient (Wildman–Crippen LogP) is 2.96. The van der Waals surface area contributed by atoms with Gasteiger partial charge in [-0.1, -0.05) is 30.3 Å². The number of carbonyl (C=O) groups excluding carboxylic acids is 1. The van der Waals surface area contributed by atoms with Gasteiger partial charge < -0.3 is 14.7 Å². The van der Waals surface area contributed by atoms with Crippen molar-refractivity contribution < 1.29 is 4.79 Å². The molecule has 1 saturated heterocycles. The van der Waals surface area contributed by atoms with Crippen LogP contribution in [0.1, 0.15) is 6.42 Å². The van der Waals surface area contributed by atoms with Gasteiger partial charge in [0.05, 0.1) is 5.39 Å². The summed E-state index contributed by atoms with van der Waals surface area (Å²) < 4.78 is 0. The fourth-order valence-corrected chi connectivity index (χ4v) is 4.47. The summed E-state index contributed by atoms with van der Waals surface area (Å²) in [6, 6.07) is 12.5. The highest BCUT2D eigenvalue weighted by Crippen LogP contribution is 2.35.